The van der Waals surface area contributed by atoms with Crippen LogP contribution >= 0.6 is 0 Å². The van der Waals surface area contributed by atoms with E-state index in [-0.39, 0.29) is 117 Å². The van der Waals surface area contributed by atoms with E-state index < -0.39 is 173 Å². The number of anilines is 1. The van der Waals surface area contributed by atoms with Crippen LogP contribution in [0.2, 0.25) is 0 Å². The summed E-state index contributed by atoms with van der Waals surface area (Å²) in [6.07, 6.45) is 0.292. The lowest BCUT2D eigenvalue weighted by Crippen LogP contribution is -2.48. The molecular weight excluding hydrogens is 1600 g/mol. The summed E-state index contributed by atoms with van der Waals surface area (Å²) in [5.41, 5.74) is 20.2. The fraction of sp³-hybridized carbons (Fsp3) is 0.453. The Morgan fingerprint density at radius 1 is 0.672 bits per heavy atom. The first-order valence-electron chi connectivity index (χ1n) is 40.6. The topological polar surface area (TPSA) is 567 Å². The van der Waals surface area contributed by atoms with Gasteiger partial charge in [-0.25, -0.2) is 14.8 Å². The summed E-state index contributed by atoms with van der Waals surface area (Å²) in [4.78, 5) is 220. The van der Waals surface area contributed by atoms with Gasteiger partial charge in [-0.2, -0.15) is 13.4 Å². The Hall–Kier alpha value is -12.4. The van der Waals surface area contributed by atoms with Gasteiger partial charge in [0, 0.05) is 138 Å². The third-order valence-electron chi connectivity index (χ3n) is 22.8. The summed E-state index contributed by atoms with van der Waals surface area (Å²) in [6.45, 7) is 13.0. The normalized spacial score (nSPS) is 16.5. The minimum Gasteiger partial charge on any atom is -0.481 e. The van der Waals surface area contributed by atoms with Gasteiger partial charge in [-0.3, -0.25) is 81.8 Å². The van der Waals surface area contributed by atoms with Crippen molar-refractivity contribution in [2.45, 2.75) is 200 Å². The van der Waals surface area contributed by atoms with Crippen molar-refractivity contribution in [1.29, 1.82) is 0 Å². The monoisotopic (exact) mass is 1700 g/mol. The number of primary amides is 1. The van der Waals surface area contributed by atoms with E-state index in [0.29, 0.717) is 90.9 Å². The number of rotatable bonds is 42. The molecule has 6 amide bonds. The van der Waals surface area contributed by atoms with E-state index in [4.69, 9.17) is 26.2 Å². The first-order chi connectivity index (χ1) is 57.9. The van der Waals surface area contributed by atoms with Crippen molar-refractivity contribution in [1.82, 2.24) is 66.5 Å². The molecule has 0 saturated carbocycles. The number of nitrogens with two attached hydrogens (primary N) is 2. The Kier molecular flexibility index (Phi) is 30.7. The number of nitrogen functional groups attached to an aromatic ring is 1. The van der Waals surface area contributed by atoms with E-state index in [2.05, 4.69) is 70.3 Å². The largest absolute Gasteiger partial charge is 0.481 e. The number of aliphatic hydroxyl groups is 1. The number of ketones is 6. The Labute approximate surface area is 701 Å². The number of aromatic amines is 3. The van der Waals surface area contributed by atoms with Crippen LogP contribution in [0.25, 0.3) is 33.2 Å². The molecule has 2 aromatic carbocycles. The average Bonchev–Trinajstić information content (AvgIpc) is 1.56. The number of amides is 6. The molecule has 10 rings (SSSR count). The standard InChI is InChI=1S/C86H103N15O20S/c1-9-54-43(4)58-37-64-73(47(8)103)45(6)60(95-64)35-59-44(5)55(77(97-59)76-75(68(107)40-102)80(112)74-46(7)61(98-78(74)76)36-62(54)94-58)25-27-69(108)89-28-11-13-72(111)121-41-50-16-14-49(15-17-50)32-66(105)57(12-10-29-91-86(88)117)99-82(113)56(42(2)3)34-67(106)63(38-71(110)90-30-31-122(118,119)120)96-70(109)26-23-52(84(115)116)33-65(104)51-21-18-48(19-22-51)20-24-53-39-92-81-79(93-53)83(114)101-85(87)100-81/h14-19,21-22,35-37,39,42-44,52,54-57,63,75,95,98,102H,9-13,20,23-34,38,40-41H2,1-8H3,(H,89,108)(H,90,110)(H,96,109)(H,99,113)(H,115,116)(H3,88,91,117)(H,118,119,120)(H3,87,92,100,101,114)/t43-,44+,52+,54-,55+,56-,57-,63-,75?/m0/s1. The van der Waals surface area contributed by atoms with Gasteiger partial charge >= 0.3 is 18.0 Å². The molecule has 1 unspecified atom stereocenters. The molecule has 8 bridgehead atoms. The zero-order valence-corrected chi connectivity index (χ0v) is 69.9. The van der Waals surface area contributed by atoms with Crippen molar-refractivity contribution in [3.05, 3.63) is 162 Å². The minimum absolute atomic E-state index is 0.00813. The molecule has 0 fully saturated rings. The van der Waals surface area contributed by atoms with Gasteiger partial charge in [0.15, 0.2) is 45.9 Å². The van der Waals surface area contributed by atoms with Gasteiger partial charge in [0.1, 0.15) is 19.1 Å². The lowest BCUT2D eigenvalue weighted by atomic mass is 9.83. The van der Waals surface area contributed by atoms with Crippen LogP contribution in [0.5, 0.6) is 0 Å². The van der Waals surface area contributed by atoms with Crippen molar-refractivity contribution >= 4 is 126 Å². The van der Waals surface area contributed by atoms with Crippen molar-refractivity contribution < 1.29 is 90.2 Å². The number of urea groups is 1. The highest BCUT2D eigenvalue weighted by Gasteiger charge is 2.45. The molecule has 35 nitrogen and oxygen atoms in total. The number of aromatic nitrogens is 8. The van der Waals surface area contributed by atoms with Crippen LogP contribution in [0.15, 0.2) is 77.7 Å². The number of ether oxygens (including phenoxy) is 1. The number of carboxylic acid groups (broad SMARTS) is 1. The number of H-pyrrole nitrogens is 3. The third-order valence-corrected chi connectivity index (χ3v) is 23.5. The number of fused-ring (bicyclic) bond motifs is 9. The maximum Gasteiger partial charge on any atom is 0.312 e. The van der Waals surface area contributed by atoms with Crippen molar-refractivity contribution in [2.24, 2.45) is 23.5 Å². The van der Waals surface area contributed by atoms with E-state index in [1.165, 1.54) is 25.3 Å². The lowest BCUT2D eigenvalue weighted by molar-refractivity contribution is -0.145. The molecule has 15 N–H and O–H groups in total. The molecule has 7 aromatic rings. The van der Waals surface area contributed by atoms with Gasteiger partial charge in [0.2, 0.25) is 29.6 Å². The summed E-state index contributed by atoms with van der Waals surface area (Å²) in [5, 5.41) is 33.3. The van der Waals surface area contributed by atoms with Crippen LogP contribution in [0, 0.1) is 31.6 Å². The summed E-state index contributed by atoms with van der Waals surface area (Å²) in [5.74, 6) is -14.7. The van der Waals surface area contributed by atoms with Crippen LogP contribution < -0.4 is 43.6 Å². The lowest BCUT2D eigenvalue weighted by Gasteiger charge is -2.26. The van der Waals surface area contributed by atoms with Gasteiger partial charge in [-0.1, -0.05) is 83.1 Å². The second-order valence-electron chi connectivity index (χ2n) is 31.7. The molecule has 122 heavy (non-hydrogen) atoms. The smallest absolute Gasteiger partial charge is 0.312 e. The second-order valence-corrected chi connectivity index (χ2v) is 33.3. The van der Waals surface area contributed by atoms with Crippen molar-refractivity contribution in [3.63, 3.8) is 0 Å². The fourth-order valence-corrected chi connectivity index (χ4v) is 16.3. The van der Waals surface area contributed by atoms with E-state index in [9.17, 15) is 90.3 Å². The molecule has 0 saturated heterocycles. The highest BCUT2D eigenvalue weighted by molar-refractivity contribution is 7.85. The van der Waals surface area contributed by atoms with Crippen LogP contribution in [0.3, 0.4) is 0 Å². The SMILES string of the molecule is CC[C@@H]1c2cc3[nH]c4c(c3C)C(=O)C(C(=O)CO)c4c3nc(cc4[nH]c(cc(n2)[C@H]1C)c(C(C)=O)c4C)[C@H](C)[C@H]3CCC(=O)NCCCC(=O)OCc1ccc(CC(=O)[C@H](CCCNC(N)=O)NC(=O)[C@@H](CC(=O)[C@H](CC(=O)NCCS(=O)(=O)O)NC(=O)CC[C@H](CC(=O)c2ccc(CCc3cnc4nc(N)[nH]c(=O)c4n3)cc2)C(=O)O)C(C)C)cc1. The number of carbonyl (C=O) groups is 13. The number of aliphatic carboxylic acids is 1. The zero-order chi connectivity index (χ0) is 88.7. The number of esters is 1. The van der Waals surface area contributed by atoms with Gasteiger partial charge in [-0.15, -0.1) is 0 Å². The molecule has 36 heteroatoms. The molecule has 0 radical (unpaired) electrons. The van der Waals surface area contributed by atoms with Crippen LogP contribution in [-0.4, -0.2) is 183 Å². The molecule has 7 heterocycles. The van der Waals surface area contributed by atoms with E-state index >= 15 is 0 Å². The Balaban J connectivity index is 0.728. The number of aliphatic hydroxyl groups excluding tert-OH is 1. The summed E-state index contributed by atoms with van der Waals surface area (Å²) < 4.78 is 37.8. The maximum absolute atomic E-state index is 14.6. The highest BCUT2D eigenvalue weighted by atomic mass is 32.2. The number of nitrogens with zero attached hydrogens (tertiary/aromatic N) is 5. The Morgan fingerprint density at radius 3 is 2.00 bits per heavy atom. The van der Waals surface area contributed by atoms with E-state index in [0.717, 1.165) is 23.4 Å². The molecule has 5 aromatic heterocycles. The summed E-state index contributed by atoms with van der Waals surface area (Å²) in [7, 11) is -4.55. The first-order valence-corrected chi connectivity index (χ1v) is 42.2. The number of benzene rings is 2. The fourth-order valence-electron chi connectivity index (χ4n) is 15.9. The zero-order valence-electron chi connectivity index (χ0n) is 69.1. The van der Waals surface area contributed by atoms with Gasteiger partial charge in [0.05, 0.1) is 58.8 Å². The van der Waals surface area contributed by atoms with Crippen molar-refractivity contribution in [3.8, 4) is 0 Å². The third kappa shape index (κ3) is 23.2. The number of carbonyl (C=O) groups excluding carboxylic acids is 12. The van der Waals surface area contributed by atoms with Crippen molar-refractivity contribution in [2.75, 3.05) is 37.7 Å². The van der Waals surface area contributed by atoms with E-state index in [1.54, 1.807) is 57.2 Å². The maximum atomic E-state index is 14.6. The number of Topliss-reactive ketones (excluding diaryl/α,β-unsaturated/α-hetero) is 6. The molecule has 2 aliphatic heterocycles. The van der Waals surface area contributed by atoms with Crippen LogP contribution in [0.1, 0.15) is 241 Å². The van der Waals surface area contributed by atoms with Gasteiger partial charge in [0.25, 0.3) is 15.7 Å². The molecule has 1 aliphatic carbocycles. The predicted octanol–water partition coefficient (Wildman–Crippen LogP) is 6.88. The molecule has 648 valence electrons. The highest BCUT2D eigenvalue weighted by Crippen LogP contribution is 2.49. The Morgan fingerprint density at radius 2 is 1.33 bits per heavy atom. The molecule has 3 aliphatic rings. The van der Waals surface area contributed by atoms with Gasteiger partial charge in [-0.05, 0) is 124 Å². The number of hydrogen-bond acceptors (Lipinski definition) is 24. The predicted molar refractivity (Wildman–Crippen MR) is 447 cm³/mol. The number of nitrogens with one attached hydrogen (secondary N) is 8. The quantitative estimate of drug-likeness (QED) is 0.00609. The van der Waals surface area contributed by atoms with E-state index in [1.807, 2.05) is 32.0 Å². The van der Waals surface area contributed by atoms with Gasteiger partial charge < -0.3 is 63.0 Å². The number of hydrogen-bond donors (Lipinski definition) is 13. The second kappa shape index (κ2) is 40.7. The number of aryl methyl sites for hydroxylation is 4. The minimum atomic E-state index is -4.55. The van der Waals surface area contributed by atoms with Crippen LogP contribution in [-0.2, 0) is 83.9 Å². The average molecular weight is 1700 g/mol. The molecule has 9 atom stereocenters. The molecule has 0 spiro atoms. The first kappa shape index (κ1) is 91.9. The summed E-state index contributed by atoms with van der Waals surface area (Å²) in [6, 6.07) is 14.8. The number of carboxylic acids is 1. The summed E-state index contributed by atoms with van der Waals surface area (Å²) >= 11 is 0. The Bertz CT molecular complexity index is 5610. The van der Waals surface area contributed by atoms with Crippen LogP contribution in [0.4, 0.5) is 10.7 Å². The molecular formula is C86H103N15O20S.